The van der Waals surface area contributed by atoms with Gasteiger partial charge in [-0.15, -0.1) is 0 Å². The zero-order chi connectivity index (χ0) is 13.3. The monoisotopic (exact) mass is 249 g/mol. The first-order valence-corrected chi connectivity index (χ1v) is 5.20. The molecule has 0 amide bonds. The molecule has 0 aliphatic rings. The number of hydrogen-bond acceptors (Lipinski definition) is 3. The number of nitrogens with zero attached hydrogens (tertiary/aromatic N) is 1. The number of aromatic nitrogens is 1. The molecule has 0 radical (unpaired) electrons. The Labute approximate surface area is 102 Å². The fourth-order valence-corrected chi connectivity index (χ4v) is 1.69. The SMILES string of the molecule is Cc1c(C(=O)O)ccn1Cc1ccc(C(=O)O)o1. The first-order valence-electron chi connectivity index (χ1n) is 5.20. The van der Waals surface area contributed by atoms with E-state index in [1.165, 1.54) is 12.1 Å². The standard InChI is InChI=1S/C12H11NO5/c1-7-9(11(14)15)4-5-13(7)6-8-2-3-10(18-8)12(16)17/h2-5H,6H2,1H3,(H,14,15)(H,16,17). The van der Waals surface area contributed by atoms with Crippen LogP contribution in [-0.4, -0.2) is 26.7 Å². The van der Waals surface area contributed by atoms with Gasteiger partial charge in [-0.3, -0.25) is 0 Å². The molecule has 0 aliphatic heterocycles. The van der Waals surface area contributed by atoms with Gasteiger partial charge < -0.3 is 19.2 Å². The van der Waals surface area contributed by atoms with Gasteiger partial charge in [-0.25, -0.2) is 9.59 Å². The highest BCUT2D eigenvalue weighted by molar-refractivity contribution is 5.89. The molecule has 0 bridgehead atoms. The van der Waals surface area contributed by atoms with Crippen molar-refractivity contribution >= 4 is 11.9 Å². The zero-order valence-electron chi connectivity index (χ0n) is 9.58. The molecule has 94 valence electrons. The molecule has 6 heteroatoms. The maximum Gasteiger partial charge on any atom is 0.371 e. The Morgan fingerprint density at radius 3 is 2.44 bits per heavy atom. The van der Waals surface area contributed by atoms with Crippen molar-refractivity contribution in [3.63, 3.8) is 0 Å². The summed E-state index contributed by atoms with van der Waals surface area (Å²) in [5, 5.41) is 17.6. The third-order valence-corrected chi connectivity index (χ3v) is 2.67. The smallest absolute Gasteiger partial charge is 0.371 e. The second-order valence-corrected chi connectivity index (χ2v) is 3.82. The minimum absolute atomic E-state index is 0.131. The van der Waals surface area contributed by atoms with Crippen LogP contribution in [0.2, 0.25) is 0 Å². The van der Waals surface area contributed by atoms with Gasteiger partial charge in [0.25, 0.3) is 0 Å². The van der Waals surface area contributed by atoms with Crippen LogP contribution in [-0.2, 0) is 6.54 Å². The lowest BCUT2D eigenvalue weighted by Crippen LogP contribution is -2.03. The van der Waals surface area contributed by atoms with Crippen molar-refractivity contribution in [3.05, 3.63) is 47.2 Å². The van der Waals surface area contributed by atoms with E-state index in [1.54, 1.807) is 23.8 Å². The molecule has 18 heavy (non-hydrogen) atoms. The van der Waals surface area contributed by atoms with E-state index in [0.29, 0.717) is 18.0 Å². The predicted molar refractivity (Wildman–Crippen MR) is 60.9 cm³/mol. The molecule has 0 unspecified atom stereocenters. The van der Waals surface area contributed by atoms with Crippen molar-refractivity contribution in [2.45, 2.75) is 13.5 Å². The van der Waals surface area contributed by atoms with Crippen molar-refractivity contribution in [2.75, 3.05) is 0 Å². The van der Waals surface area contributed by atoms with Gasteiger partial charge in [0.15, 0.2) is 0 Å². The largest absolute Gasteiger partial charge is 0.478 e. The van der Waals surface area contributed by atoms with E-state index in [1.807, 2.05) is 0 Å². The molecule has 2 N–H and O–H groups in total. The highest BCUT2D eigenvalue weighted by Gasteiger charge is 2.13. The average molecular weight is 249 g/mol. The molecule has 2 heterocycles. The lowest BCUT2D eigenvalue weighted by molar-refractivity contribution is 0.0658. The molecule has 0 atom stereocenters. The van der Waals surface area contributed by atoms with Gasteiger partial charge in [-0.2, -0.15) is 0 Å². The van der Waals surface area contributed by atoms with Gasteiger partial charge >= 0.3 is 11.9 Å². The van der Waals surface area contributed by atoms with Crippen LogP contribution in [0.15, 0.2) is 28.8 Å². The number of furan rings is 1. The summed E-state index contributed by atoms with van der Waals surface area (Å²) in [4.78, 5) is 21.5. The normalized spacial score (nSPS) is 10.5. The highest BCUT2D eigenvalue weighted by Crippen LogP contribution is 2.14. The average Bonchev–Trinajstić information content (AvgIpc) is 2.87. The van der Waals surface area contributed by atoms with E-state index < -0.39 is 11.9 Å². The maximum absolute atomic E-state index is 10.9. The molecule has 0 aromatic carbocycles. The van der Waals surface area contributed by atoms with Crippen molar-refractivity contribution < 1.29 is 24.2 Å². The molecule has 0 aliphatic carbocycles. The Morgan fingerprint density at radius 1 is 1.22 bits per heavy atom. The minimum Gasteiger partial charge on any atom is -0.478 e. The Balaban J connectivity index is 2.23. The first-order chi connectivity index (χ1) is 8.49. The van der Waals surface area contributed by atoms with Gasteiger partial charge in [0, 0.05) is 11.9 Å². The van der Waals surface area contributed by atoms with E-state index in [0.717, 1.165) is 0 Å². The molecule has 2 aromatic heterocycles. The van der Waals surface area contributed by atoms with E-state index >= 15 is 0 Å². The number of carbonyl (C=O) groups is 2. The summed E-state index contributed by atoms with van der Waals surface area (Å²) in [6, 6.07) is 4.43. The van der Waals surface area contributed by atoms with Gasteiger partial charge in [0.2, 0.25) is 5.76 Å². The van der Waals surface area contributed by atoms with Crippen LogP contribution >= 0.6 is 0 Å². The highest BCUT2D eigenvalue weighted by atomic mass is 16.4. The topological polar surface area (TPSA) is 92.7 Å². The first kappa shape index (κ1) is 12.0. The van der Waals surface area contributed by atoms with E-state index in [2.05, 4.69) is 0 Å². The van der Waals surface area contributed by atoms with Crippen molar-refractivity contribution in [3.8, 4) is 0 Å². The van der Waals surface area contributed by atoms with Crippen molar-refractivity contribution in [1.29, 1.82) is 0 Å². The van der Waals surface area contributed by atoms with Gasteiger partial charge in [0.05, 0.1) is 12.1 Å². The van der Waals surface area contributed by atoms with Crippen LogP contribution < -0.4 is 0 Å². The number of carboxylic acid groups (broad SMARTS) is 2. The fourth-order valence-electron chi connectivity index (χ4n) is 1.69. The molecule has 6 nitrogen and oxygen atoms in total. The Morgan fingerprint density at radius 2 is 1.94 bits per heavy atom. The molecule has 0 saturated heterocycles. The summed E-state index contributed by atoms with van der Waals surface area (Å²) >= 11 is 0. The summed E-state index contributed by atoms with van der Waals surface area (Å²) in [5.74, 6) is -1.79. The Kier molecular flexibility index (Phi) is 2.93. The van der Waals surface area contributed by atoms with Crippen LogP contribution in [0, 0.1) is 6.92 Å². The van der Waals surface area contributed by atoms with Crippen LogP contribution in [0.4, 0.5) is 0 Å². The second-order valence-electron chi connectivity index (χ2n) is 3.82. The summed E-state index contributed by atoms with van der Waals surface area (Å²) in [6.45, 7) is 1.98. The molecular formula is C12H11NO5. The fraction of sp³-hybridized carbons (Fsp3) is 0.167. The lowest BCUT2D eigenvalue weighted by Gasteiger charge is -2.03. The number of aromatic carboxylic acids is 2. The summed E-state index contributed by atoms with van der Waals surface area (Å²) in [5.41, 5.74) is 0.816. The van der Waals surface area contributed by atoms with Gasteiger partial charge in [-0.1, -0.05) is 0 Å². The van der Waals surface area contributed by atoms with E-state index in [9.17, 15) is 9.59 Å². The molecule has 2 rings (SSSR count). The van der Waals surface area contributed by atoms with Crippen molar-refractivity contribution in [1.82, 2.24) is 4.57 Å². The molecule has 2 aromatic rings. The van der Waals surface area contributed by atoms with Crippen LogP contribution in [0.3, 0.4) is 0 Å². The molecular weight excluding hydrogens is 238 g/mol. The molecule has 0 spiro atoms. The van der Waals surface area contributed by atoms with E-state index in [-0.39, 0.29) is 11.3 Å². The summed E-state index contributed by atoms with van der Waals surface area (Å²) in [7, 11) is 0. The third kappa shape index (κ3) is 2.13. The molecule has 0 saturated carbocycles. The lowest BCUT2D eigenvalue weighted by atomic mass is 10.2. The van der Waals surface area contributed by atoms with Crippen molar-refractivity contribution in [2.24, 2.45) is 0 Å². The van der Waals surface area contributed by atoms with Gasteiger partial charge in [0.1, 0.15) is 5.76 Å². The minimum atomic E-state index is -1.13. The second kappa shape index (κ2) is 4.40. The number of carboxylic acids is 2. The summed E-state index contributed by atoms with van der Waals surface area (Å²) in [6.07, 6.45) is 1.63. The number of hydrogen-bond donors (Lipinski definition) is 2. The van der Waals surface area contributed by atoms with Crippen LogP contribution in [0.25, 0.3) is 0 Å². The maximum atomic E-state index is 10.9. The number of rotatable bonds is 4. The summed E-state index contributed by atoms with van der Waals surface area (Å²) < 4.78 is 6.79. The predicted octanol–water partition coefficient (Wildman–Crippen LogP) is 1.83. The Bertz CT molecular complexity index is 608. The van der Waals surface area contributed by atoms with Gasteiger partial charge in [-0.05, 0) is 25.1 Å². The van der Waals surface area contributed by atoms with E-state index in [4.69, 9.17) is 14.6 Å². The third-order valence-electron chi connectivity index (χ3n) is 2.67. The van der Waals surface area contributed by atoms with Crippen LogP contribution in [0.1, 0.15) is 32.4 Å². The zero-order valence-corrected chi connectivity index (χ0v) is 9.58. The molecule has 0 fully saturated rings. The Hall–Kier alpha value is -2.50. The quantitative estimate of drug-likeness (QED) is 0.862. The van der Waals surface area contributed by atoms with Crippen LogP contribution in [0.5, 0.6) is 0 Å².